The molecule has 0 radical (unpaired) electrons. The van der Waals surface area contributed by atoms with E-state index in [4.69, 9.17) is 9.47 Å². The molecule has 158 valence electrons. The number of aromatic hydroxyl groups is 1. The van der Waals surface area contributed by atoms with Crippen LogP contribution < -0.4 is 10.1 Å². The number of ether oxygens (including phenoxy) is 2. The summed E-state index contributed by atoms with van der Waals surface area (Å²) in [6.07, 6.45) is 2.73. The van der Waals surface area contributed by atoms with E-state index in [0.29, 0.717) is 11.3 Å². The summed E-state index contributed by atoms with van der Waals surface area (Å²) >= 11 is 0. The molecular formula is C25H23NO5. The van der Waals surface area contributed by atoms with Gasteiger partial charge < -0.3 is 19.9 Å². The minimum Gasteiger partial charge on any atom is -0.504 e. The fourth-order valence-corrected chi connectivity index (χ4v) is 3.00. The Kier molecular flexibility index (Phi) is 7.43. The maximum Gasteiger partial charge on any atom is 0.331 e. The number of hydrogen-bond acceptors (Lipinski definition) is 5. The highest BCUT2D eigenvalue weighted by atomic mass is 16.5. The minimum atomic E-state index is -0.654. The van der Waals surface area contributed by atoms with E-state index in [1.165, 1.54) is 25.3 Å². The van der Waals surface area contributed by atoms with Crippen LogP contribution in [0.25, 0.3) is 6.08 Å². The van der Waals surface area contributed by atoms with Crippen molar-refractivity contribution in [2.75, 3.05) is 13.7 Å². The second-order valence-electron chi connectivity index (χ2n) is 6.69. The molecule has 0 fully saturated rings. The van der Waals surface area contributed by atoms with Crippen molar-refractivity contribution < 1.29 is 24.2 Å². The number of hydrogen-bond donors (Lipinski definition) is 2. The molecule has 0 bridgehead atoms. The van der Waals surface area contributed by atoms with E-state index < -0.39 is 18.5 Å². The van der Waals surface area contributed by atoms with Gasteiger partial charge in [-0.2, -0.15) is 0 Å². The first-order valence-electron chi connectivity index (χ1n) is 9.68. The Morgan fingerprint density at radius 1 is 0.968 bits per heavy atom. The van der Waals surface area contributed by atoms with Gasteiger partial charge in [-0.25, -0.2) is 4.79 Å². The molecule has 3 rings (SSSR count). The second-order valence-corrected chi connectivity index (χ2v) is 6.69. The van der Waals surface area contributed by atoms with Gasteiger partial charge in [-0.15, -0.1) is 0 Å². The highest BCUT2D eigenvalue weighted by molar-refractivity contribution is 5.89. The van der Waals surface area contributed by atoms with Crippen LogP contribution in [0.3, 0.4) is 0 Å². The normalized spacial score (nSPS) is 10.8. The van der Waals surface area contributed by atoms with Crippen molar-refractivity contribution in [3.63, 3.8) is 0 Å². The van der Waals surface area contributed by atoms with Gasteiger partial charge in [0.2, 0.25) is 0 Å². The molecule has 3 aromatic carbocycles. The van der Waals surface area contributed by atoms with Gasteiger partial charge >= 0.3 is 5.97 Å². The first-order valence-corrected chi connectivity index (χ1v) is 9.68. The molecule has 0 spiro atoms. The molecule has 0 saturated heterocycles. The summed E-state index contributed by atoms with van der Waals surface area (Å²) in [7, 11) is 1.44. The number of carbonyl (C=O) groups is 2. The number of nitrogens with one attached hydrogen (secondary N) is 1. The molecule has 0 aliphatic heterocycles. The lowest BCUT2D eigenvalue weighted by Crippen LogP contribution is -2.32. The van der Waals surface area contributed by atoms with E-state index in [-0.39, 0.29) is 11.8 Å². The van der Waals surface area contributed by atoms with Crippen molar-refractivity contribution in [1.29, 1.82) is 0 Å². The number of esters is 1. The fraction of sp³-hybridized carbons (Fsp3) is 0.120. The summed E-state index contributed by atoms with van der Waals surface area (Å²) in [6.45, 7) is -0.405. The van der Waals surface area contributed by atoms with Gasteiger partial charge in [0.1, 0.15) is 0 Å². The highest BCUT2D eigenvalue weighted by Crippen LogP contribution is 2.26. The number of carbonyl (C=O) groups excluding carboxylic acids is 2. The van der Waals surface area contributed by atoms with E-state index in [2.05, 4.69) is 5.32 Å². The zero-order chi connectivity index (χ0) is 22.1. The molecule has 2 N–H and O–H groups in total. The van der Waals surface area contributed by atoms with E-state index in [0.717, 1.165) is 11.1 Å². The Morgan fingerprint density at radius 2 is 1.58 bits per heavy atom. The Hall–Kier alpha value is -4.06. The predicted octanol–water partition coefficient (Wildman–Crippen LogP) is 3.86. The largest absolute Gasteiger partial charge is 0.504 e. The predicted molar refractivity (Wildman–Crippen MR) is 118 cm³/mol. The summed E-state index contributed by atoms with van der Waals surface area (Å²) in [5.74, 6) is -0.767. The molecule has 0 aliphatic carbocycles. The Bertz CT molecular complexity index is 1010. The molecule has 0 atom stereocenters. The third-order valence-electron chi connectivity index (χ3n) is 4.53. The quantitative estimate of drug-likeness (QED) is 0.429. The molecule has 0 saturated carbocycles. The van der Waals surface area contributed by atoms with Gasteiger partial charge in [0.25, 0.3) is 5.91 Å². The van der Waals surface area contributed by atoms with Gasteiger partial charge in [-0.3, -0.25) is 4.79 Å². The second kappa shape index (κ2) is 10.6. The van der Waals surface area contributed by atoms with Crippen LogP contribution in [0, 0.1) is 0 Å². The lowest BCUT2D eigenvalue weighted by atomic mass is 9.99. The Balaban J connectivity index is 1.59. The zero-order valence-electron chi connectivity index (χ0n) is 17.0. The minimum absolute atomic E-state index is 0.00489. The third kappa shape index (κ3) is 6.21. The van der Waals surface area contributed by atoms with Crippen LogP contribution in [-0.2, 0) is 14.3 Å². The lowest BCUT2D eigenvalue weighted by molar-refractivity contribution is -0.143. The molecule has 0 unspecified atom stereocenters. The lowest BCUT2D eigenvalue weighted by Gasteiger charge is -2.19. The first kappa shape index (κ1) is 21.6. The molecule has 0 aliphatic rings. The van der Waals surface area contributed by atoms with Crippen molar-refractivity contribution in [2.45, 2.75) is 6.04 Å². The maximum absolute atomic E-state index is 12.4. The third-order valence-corrected chi connectivity index (χ3v) is 4.53. The number of methoxy groups -OCH3 is 1. The summed E-state index contributed by atoms with van der Waals surface area (Å²) in [4.78, 5) is 24.4. The van der Waals surface area contributed by atoms with Crippen LogP contribution in [0.15, 0.2) is 84.9 Å². The SMILES string of the molecule is COc1cc(/C=C/C(=O)OCC(=O)NC(c2ccccc2)c2ccccc2)ccc1O. The molecule has 3 aromatic rings. The number of rotatable bonds is 8. The van der Waals surface area contributed by atoms with E-state index in [1.54, 1.807) is 12.1 Å². The Morgan fingerprint density at radius 3 is 2.16 bits per heavy atom. The summed E-state index contributed by atoms with van der Waals surface area (Å²) in [5, 5.41) is 12.5. The summed E-state index contributed by atoms with van der Waals surface area (Å²) in [6, 6.07) is 23.5. The van der Waals surface area contributed by atoms with Crippen molar-refractivity contribution in [2.24, 2.45) is 0 Å². The molecular weight excluding hydrogens is 394 g/mol. The van der Waals surface area contributed by atoms with Crippen LogP contribution in [-0.4, -0.2) is 30.7 Å². The molecule has 0 heterocycles. The average molecular weight is 417 g/mol. The van der Waals surface area contributed by atoms with Gasteiger partial charge in [0.15, 0.2) is 18.1 Å². The average Bonchev–Trinajstić information content (AvgIpc) is 2.81. The zero-order valence-corrected chi connectivity index (χ0v) is 17.0. The van der Waals surface area contributed by atoms with E-state index in [1.807, 2.05) is 60.7 Å². The monoisotopic (exact) mass is 417 g/mol. The van der Waals surface area contributed by atoms with E-state index >= 15 is 0 Å². The smallest absolute Gasteiger partial charge is 0.331 e. The van der Waals surface area contributed by atoms with Crippen LogP contribution >= 0.6 is 0 Å². The van der Waals surface area contributed by atoms with Gasteiger partial charge in [0.05, 0.1) is 13.2 Å². The van der Waals surface area contributed by atoms with Crippen molar-refractivity contribution in [3.05, 3.63) is 102 Å². The number of phenols is 1. The molecule has 6 heteroatoms. The highest BCUT2D eigenvalue weighted by Gasteiger charge is 2.17. The summed E-state index contributed by atoms with van der Waals surface area (Å²) in [5.41, 5.74) is 2.49. The van der Waals surface area contributed by atoms with Crippen molar-refractivity contribution >= 4 is 18.0 Å². The summed E-state index contributed by atoms with van der Waals surface area (Å²) < 4.78 is 10.1. The molecule has 6 nitrogen and oxygen atoms in total. The van der Waals surface area contributed by atoms with Crippen molar-refractivity contribution in [1.82, 2.24) is 5.32 Å². The molecule has 1 amide bonds. The van der Waals surface area contributed by atoms with Crippen LogP contribution in [0.2, 0.25) is 0 Å². The molecule has 0 aromatic heterocycles. The van der Waals surface area contributed by atoms with Crippen LogP contribution in [0.1, 0.15) is 22.7 Å². The molecule has 31 heavy (non-hydrogen) atoms. The van der Waals surface area contributed by atoms with Crippen molar-refractivity contribution in [3.8, 4) is 11.5 Å². The maximum atomic E-state index is 12.4. The fourth-order valence-electron chi connectivity index (χ4n) is 3.00. The first-order chi connectivity index (χ1) is 15.1. The number of phenolic OH excluding ortho intramolecular Hbond substituents is 1. The number of benzene rings is 3. The van der Waals surface area contributed by atoms with Gasteiger partial charge in [0, 0.05) is 6.08 Å². The topological polar surface area (TPSA) is 84.9 Å². The number of amides is 1. The Labute approximate surface area is 180 Å². The van der Waals surface area contributed by atoms with Gasteiger partial charge in [-0.05, 0) is 34.9 Å². The standard InChI is InChI=1S/C25H23NO5/c1-30-22-16-18(12-14-21(22)27)13-15-24(29)31-17-23(28)26-25(19-8-4-2-5-9-19)20-10-6-3-7-11-20/h2-16,25,27H,17H2,1H3,(H,26,28)/b15-13+. The van der Waals surface area contributed by atoms with Crippen LogP contribution in [0.5, 0.6) is 11.5 Å². The van der Waals surface area contributed by atoms with E-state index in [9.17, 15) is 14.7 Å². The van der Waals surface area contributed by atoms with Crippen LogP contribution in [0.4, 0.5) is 0 Å². The van der Waals surface area contributed by atoms with Gasteiger partial charge in [-0.1, -0.05) is 66.7 Å².